The van der Waals surface area contributed by atoms with Crippen molar-refractivity contribution < 1.29 is 48.1 Å². The maximum Gasteiger partial charge on any atom is 0.00972 e. The summed E-state index contributed by atoms with van der Waals surface area (Å²) >= 11 is 1.74. The van der Waals surface area contributed by atoms with Crippen LogP contribution in [0.2, 0.25) is 13.1 Å². The molecule has 2 nitrogen and oxygen atoms in total. The molecular weight excluding hydrogens is 555 g/mol. The molecule has 0 bridgehead atoms. The van der Waals surface area contributed by atoms with Crippen molar-refractivity contribution >= 4 is 48.8 Å². The maximum absolute atomic E-state index is 2.31. The second-order valence-electron chi connectivity index (χ2n) is 8.75. The first-order valence-corrected chi connectivity index (χ1v) is 17.2. The number of hydrogen-bond donors (Lipinski definition) is 0. The molecular formula is C28H30Cl2N2SiZr-2. The molecule has 0 aliphatic rings. The molecule has 0 saturated carbocycles. The summed E-state index contributed by atoms with van der Waals surface area (Å²) < 4.78 is 4.49. The largest absolute Gasteiger partial charge is 1.00 e. The molecule has 0 atom stereocenters. The zero-order valence-electron chi connectivity index (χ0n) is 20.6. The van der Waals surface area contributed by atoms with E-state index in [9.17, 15) is 0 Å². The SMILES string of the molecule is C[Si](C)=[Zr+2].Cc1cc2c3ccccc3[cH-]c2n1C.Cc1cc2c3ccccc3[cH-]c2n1C.[Cl-].[Cl-]. The molecule has 0 aliphatic heterocycles. The number of aryl methyl sites for hydroxylation is 4. The molecule has 2 aromatic heterocycles. The van der Waals surface area contributed by atoms with Crippen LogP contribution in [0.4, 0.5) is 0 Å². The first-order valence-electron chi connectivity index (χ1n) is 11.0. The van der Waals surface area contributed by atoms with E-state index >= 15 is 0 Å². The van der Waals surface area contributed by atoms with Crippen molar-refractivity contribution in [1.29, 1.82) is 0 Å². The number of rotatable bonds is 0. The Kier molecular flexibility index (Phi) is 10.0. The van der Waals surface area contributed by atoms with Crippen LogP contribution in [0.5, 0.6) is 0 Å². The Hall–Kier alpha value is -1.58. The minimum absolute atomic E-state index is 0. The molecule has 176 valence electrons. The number of fused-ring (bicyclic) bond motifs is 6. The molecule has 0 fully saturated rings. The van der Waals surface area contributed by atoms with E-state index in [1.807, 2.05) is 0 Å². The van der Waals surface area contributed by atoms with E-state index < -0.39 is 0 Å². The van der Waals surface area contributed by atoms with Crippen LogP contribution >= 0.6 is 0 Å². The molecule has 6 rings (SSSR count). The monoisotopic (exact) mass is 582 g/mol. The molecule has 0 saturated heterocycles. The Morgan fingerprint density at radius 3 is 1.32 bits per heavy atom. The molecule has 34 heavy (non-hydrogen) atoms. The van der Waals surface area contributed by atoms with E-state index in [1.54, 1.807) is 23.3 Å². The standard InChI is InChI=1S/2C13H12N.C2H6Si.2ClH.Zr/c2*1-9-7-12-11-6-4-3-5-10(11)8-13(12)14(9)2;1-3-2;;;/h2*3-8H,1-2H3;1-2H3;2*1H;/q2*-1;;;;+2/p-2. The Morgan fingerprint density at radius 1 is 0.647 bits per heavy atom. The predicted octanol–water partition coefficient (Wildman–Crippen LogP) is 1.51. The zero-order valence-corrected chi connectivity index (χ0v) is 25.5. The van der Waals surface area contributed by atoms with Gasteiger partial charge in [-0.05, 0) is 24.9 Å². The molecule has 0 amide bonds. The van der Waals surface area contributed by atoms with Gasteiger partial charge in [0.05, 0.1) is 0 Å². The summed E-state index contributed by atoms with van der Waals surface area (Å²) in [6, 6.07) is 26.2. The summed E-state index contributed by atoms with van der Waals surface area (Å²) in [6.07, 6.45) is 0. The van der Waals surface area contributed by atoms with E-state index in [0.717, 1.165) is 0 Å². The molecule has 0 aliphatic carbocycles. The summed E-state index contributed by atoms with van der Waals surface area (Å²) in [6.45, 7) is 8.91. The van der Waals surface area contributed by atoms with E-state index in [1.165, 1.54) is 54.7 Å². The number of nitrogens with zero attached hydrogens (tertiary/aromatic N) is 2. The number of aromatic nitrogens is 2. The Morgan fingerprint density at radius 2 is 0.971 bits per heavy atom. The molecule has 0 unspecified atom stereocenters. The van der Waals surface area contributed by atoms with E-state index in [-0.39, 0.29) is 30.2 Å². The van der Waals surface area contributed by atoms with E-state index in [2.05, 4.69) is 123 Å². The minimum Gasteiger partial charge on any atom is -1.00 e. The minimum atomic E-state index is 0. The van der Waals surface area contributed by atoms with Crippen LogP contribution in [-0.2, 0) is 37.4 Å². The molecule has 6 heteroatoms. The van der Waals surface area contributed by atoms with Crippen LogP contribution in [0, 0.1) is 13.8 Å². The maximum atomic E-state index is 2.31. The van der Waals surface area contributed by atoms with Crippen LogP contribution in [0.1, 0.15) is 11.4 Å². The van der Waals surface area contributed by atoms with Crippen molar-refractivity contribution in [2.75, 3.05) is 0 Å². The fraction of sp³-hybridized carbons (Fsp3) is 0.214. The third-order valence-electron chi connectivity index (χ3n) is 6.13. The van der Waals surface area contributed by atoms with Gasteiger partial charge in [0.25, 0.3) is 0 Å². The van der Waals surface area contributed by atoms with Crippen molar-refractivity contribution in [3.05, 3.63) is 84.2 Å². The summed E-state index contributed by atoms with van der Waals surface area (Å²) in [4.78, 5) is 0. The van der Waals surface area contributed by atoms with Crippen molar-refractivity contribution in [1.82, 2.24) is 9.13 Å². The first kappa shape index (κ1) is 28.7. The fourth-order valence-corrected chi connectivity index (χ4v) is 4.31. The zero-order chi connectivity index (χ0) is 23.0. The van der Waals surface area contributed by atoms with Crippen molar-refractivity contribution in [3.8, 4) is 0 Å². The summed E-state index contributed by atoms with van der Waals surface area (Å²) in [5.74, 6) is 0. The fourth-order valence-electron chi connectivity index (χ4n) is 4.31. The summed E-state index contributed by atoms with van der Waals surface area (Å²) in [5, 5.41) is 8.17. The quantitative estimate of drug-likeness (QED) is 0.189. The van der Waals surface area contributed by atoms with Crippen LogP contribution in [0.3, 0.4) is 0 Å². The van der Waals surface area contributed by atoms with Gasteiger partial charge in [-0.25, -0.2) is 0 Å². The van der Waals surface area contributed by atoms with Gasteiger partial charge >= 0.3 is 41.9 Å². The van der Waals surface area contributed by atoms with Crippen molar-refractivity contribution in [3.63, 3.8) is 0 Å². The first-order chi connectivity index (χ1) is 15.3. The molecule has 6 aromatic rings. The predicted molar refractivity (Wildman–Crippen MR) is 139 cm³/mol. The smallest absolute Gasteiger partial charge is 0.00972 e. The van der Waals surface area contributed by atoms with Gasteiger partial charge in [-0.1, -0.05) is 24.3 Å². The third kappa shape index (κ3) is 5.62. The number of benzene rings is 2. The van der Waals surface area contributed by atoms with E-state index in [0.29, 0.717) is 0 Å². The summed E-state index contributed by atoms with van der Waals surface area (Å²) in [7, 11) is 4.24. The van der Waals surface area contributed by atoms with Gasteiger partial charge in [0, 0.05) is 25.5 Å². The van der Waals surface area contributed by atoms with Gasteiger partial charge in [0.1, 0.15) is 0 Å². The number of halogens is 2. The summed E-state index contributed by atoms with van der Waals surface area (Å²) in [5.41, 5.74) is 5.52. The second-order valence-corrected chi connectivity index (χ2v) is 18.1. The van der Waals surface area contributed by atoms with Crippen LogP contribution in [0.25, 0.3) is 43.4 Å². The number of hydrogen-bond acceptors (Lipinski definition) is 0. The molecule has 4 aromatic carbocycles. The van der Waals surface area contributed by atoms with Crippen molar-refractivity contribution in [2.24, 2.45) is 14.1 Å². The topological polar surface area (TPSA) is 9.86 Å². The van der Waals surface area contributed by atoms with Crippen LogP contribution in [-0.4, -0.2) is 14.6 Å². The average molecular weight is 585 g/mol. The Labute approximate surface area is 229 Å². The molecule has 2 heterocycles. The van der Waals surface area contributed by atoms with E-state index in [4.69, 9.17) is 0 Å². The Bertz CT molecular complexity index is 1450. The Balaban J connectivity index is 0.000000198. The van der Waals surface area contributed by atoms with Crippen LogP contribution in [0.15, 0.2) is 72.8 Å². The van der Waals surface area contributed by atoms with Gasteiger partial charge < -0.3 is 33.9 Å². The van der Waals surface area contributed by atoms with Gasteiger partial charge in [0.2, 0.25) is 0 Å². The molecule has 0 radical (unpaired) electrons. The second kappa shape index (κ2) is 11.9. The average Bonchev–Trinajstić information content (AvgIpc) is 3.46. The normalized spacial score (nSPS) is 10.4. The molecule has 0 N–H and O–H groups in total. The van der Waals surface area contributed by atoms with Gasteiger partial charge in [-0.15, -0.1) is 80.8 Å². The van der Waals surface area contributed by atoms with Gasteiger partial charge in [-0.2, -0.15) is 0 Å². The van der Waals surface area contributed by atoms with Crippen molar-refractivity contribution in [2.45, 2.75) is 26.9 Å². The van der Waals surface area contributed by atoms with Gasteiger partial charge in [0.15, 0.2) is 0 Å². The van der Waals surface area contributed by atoms with Crippen LogP contribution < -0.4 is 24.8 Å². The third-order valence-corrected chi connectivity index (χ3v) is 6.13. The van der Waals surface area contributed by atoms with Gasteiger partial charge in [-0.3, -0.25) is 0 Å². The molecule has 0 spiro atoms.